The lowest BCUT2D eigenvalue weighted by molar-refractivity contribution is 0.455. The van der Waals surface area contributed by atoms with Crippen LogP contribution < -0.4 is 5.32 Å². The zero-order chi connectivity index (χ0) is 13.8. The Balaban J connectivity index is 2.64. The van der Waals surface area contributed by atoms with Gasteiger partial charge >= 0.3 is 0 Å². The van der Waals surface area contributed by atoms with Gasteiger partial charge < -0.3 is 5.32 Å². The summed E-state index contributed by atoms with van der Waals surface area (Å²) in [7, 11) is -3.12. The van der Waals surface area contributed by atoms with E-state index in [0.29, 0.717) is 16.7 Å². The smallest absolute Gasteiger partial charge is 0.175 e. The number of hydrogen-bond acceptors (Lipinski definition) is 3. The molecular formula is C14H23NO2S. The van der Waals surface area contributed by atoms with E-state index in [9.17, 15) is 8.42 Å². The third kappa shape index (κ3) is 5.08. The zero-order valence-corrected chi connectivity index (χ0v) is 12.4. The van der Waals surface area contributed by atoms with Crippen LogP contribution in [0.3, 0.4) is 0 Å². The van der Waals surface area contributed by atoms with E-state index in [1.54, 1.807) is 18.2 Å². The summed E-state index contributed by atoms with van der Waals surface area (Å²) in [5.74, 6) is 1.26. The Morgan fingerprint density at radius 3 is 2.44 bits per heavy atom. The third-order valence-electron chi connectivity index (χ3n) is 2.79. The van der Waals surface area contributed by atoms with E-state index < -0.39 is 9.84 Å². The molecule has 1 rings (SSSR count). The number of rotatable bonds is 6. The second-order valence-corrected chi connectivity index (χ2v) is 7.43. The molecular weight excluding hydrogens is 246 g/mol. The van der Waals surface area contributed by atoms with Gasteiger partial charge in [-0.2, -0.15) is 0 Å². The predicted octanol–water partition coefficient (Wildman–Crippen LogP) is 3.18. The first kappa shape index (κ1) is 15.0. The first-order chi connectivity index (χ1) is 8.29. The molecule has 0 bridgehead atoms. The van der Waals surface area contributed by atoms with Crippen LogP contribution in [0.5, 0.6) is 0 Å². The second kappa shape index (κ2) is 6.23. The lowest BCUT2D eigenvalue weighted by Crippen LogP contribution is -2.13. The third-order valence-corrected chi connectivity index (χ3v) is 3.90. The van der Waals surface area contributed by atoms with Crippen molar-refractivity contribution in [2.75, 3.05) is 18.1 Å². The van der Waals surface area contributed by atoms with Gasteiger partial charge in [-0.1, -0.05) is 26.8 Å². The van der Waals surface area contributed by atoms with Crippen molar-refractivity contribution in [3.8, 4) is 0 Å². The molecule has 1 unspecified atom stereocenters. The van der Waals surface area contributed by atoms with Crippen LogP contribution in [0.25, 0.3) is 0 Å². The van der Waals surface area contributed by atoms with Crippen molar-refractivity contribution < 1.29 is 8.42 Å². The van der Waals surface area contributed by atoms with Crippen molar-refractivity contribution in [3.05, 3.63) is 24.3 Å². The van der Waals surface area contributed by atoms with E-state index in [2.05, 4.69) is 26.1 Å². The SMILES string of the molecule is CC(C)CC(C)CNc1cccc(S(C)(=O)=O)c1. The zero-order valence-electron chi connectivity index (χ0n) is 11.6. The van der Waals surface area contributed by atoms with Crippen molar-refractivity contribution in [2.24, 2.45) is 11.8 Å². The molecule has 0 radical (unpaired) electrons. The molecule has 4 heteroatoms. The Labute approximate surface area is 111 Å². The maximum atomic E-state index is 11.4. The van der Waals surface area contributed by atoms with Gasteiger partial charge in [0.25, 0.3) is 0 Å². The molecule has 3 nitrogen and oxygen atoms in total. The predicted molar refractivity (Wildman–Crippen MR) is 76.7 cm³/mol. The van der Waals surface area contributed by atoms with Crippen LogP contribution in [0.4, 0.5) is 5.69 Å². The Morgan fingerprint density at radius 2 is 1.89 bits per heavy atom. The topological polar surface area (TPSA) is 46.2 Å². The van der Waals surface area contributed by atoms with Crippen LogP contribution in [0.15, 0.2) is 29.2 Å². The molecule has 0 aliphatic rings. The summed E-state index contributed by atoms with van der Waals surface area (Å²) in [6.07, 6.45) is 2.40. The quantitative estimate of drug-likeness (QED) is 0.862. The molecule has 0 amide bonds. The molecule has 1 N–H and O–H groups in total. The maximum Gasteiger partial charge on any atom is 0.175 e. The molecule has 0 fully saturated rings. The van der Waals surface area contributed by atoms with Gasteiger partial charge in [0, 0.05) is 18.5 Å². The van der Waals surface area contributed by atoms with Crippen LogP contribution in [-0.4, -0.2) is 21.2 Å². The lowest BCUT2D eigenvalue weighted by atomic mass is 9.99. The summed E-state index contributed by atoms with van der Waals surface area (Å²) in [6, 6.07) is 6.98. The standard InChI is InChI=1S/C14H23NO2S/c1-11(2)8-12(3)10-15-13-6-5-7-14(9-13)18(4,16)17/h5-7,9,11-12,15H,8,10H2,1-4H3. The minimum absolute atomic E-state index is 0.365. The normalized spacial score (nSPS) is 13.6. The van der Waals surface area contributed by atoms with Gasteiger partial charge in [-0.15, -0.1) is 0 Å². The molecule has 0 heterocycles. The van der Waals surface area contributed by atoms with Gasteiger partial charge in [-0.25, -0.2) is 8.42 Å². The summed E-state index contributed by atoms with van der Waals surface area (Å²) in [5.41, 5.74) is 0.869. The first-order valence-electron chi connectivity index (χ1n) is 6.33. The van der Waals surface area contributed by atoms with Gasteiger partial charge in [0.2, 0.25) is 0 Å². The summed E-state index contributed by atoms with van der Waals surface area (Å²) in [4.78, 5) is 0.365. The van der Waals surface area contributed by atoms with Crippen molar-refractivity contribution in [1.29, 1.82) is 0 Å². The van der Waals surface area contributed by atoms with Crippen molar-refractivity contribution in [2.45, 2.75) is 32.1 Å². The Hall–Kier alpha value is -1.03. The van der Waals surface area contributed by atoms with E-state index in [-0.39, 0.29) is 0 Å². The van der Waals surface area contributed by atoms with Gasteiger partial charge in [0.15, 0.2) is 9.84 Å². The van der Waals surface area contributed by atoms with Crippen LogP contribution in [0, 0.1) is 11.8 Å². The molecule has 1 aromatic rings. The van der Waals surface area contributed by atoms with Gasteiger partial charge in [0.1, 0.15) is 0 Å². The summed E-state index contributed by atoms with van der Waals surface area (Å²) >= 11 is 0. The molecule has 18 heavy (non-hydrogen) atoms. The van der Waals surface area contributed by atoms with Gasteiger partial charge in [-0.3, -0.25) is 0 Å². The fourth-order valence-corrected chi connectivity index (χ4v) is 2.68. The highest BCUT2D eigenvalue weighted by atomic mass is 32.2. The Kier molecular flexibility index (Phi) is 5.20. The summed E-state index contributed by atoms with van der Waals surface area (Å²) in [5, 5.41) is 3.30. The van der Waals surface area contributed by atoms with Gasteiger partial charge in [-0.05, 0) is 36.5 Å². The number of hydrogen-bond donors (Lipinski definition) is 1. The highest BCUT2D eigenvalue weighted by Crippen LogP contribution is 2.17. The molecule has 0 aromatic heterocycles. The fraction of sp³-hybridized carbons (Fsp3) is 0.571. The minimum Gasteiger partial charge on any atom is -0.385 e. The van der Waals surface area contributed by atoms with Crippen LogP contribution in [0.2, 0.25) is 0 Å². The van der Waals surface area contributed by atoms with Crippen LogP contribution in [-0.2, 0) is 9.84 Å². The van der Waals surface area contributed by atoms with Crippen molar-refractivity contribution >= 4 is 15.5 Å². The lowest BCUT2D eigenvalue weighted by Gasteiger charge is -2.15. The minimum atomic E-state index is -3.12. The molecule has 0 spiro atoms. The van der Waals surface area contributed by atoms with E-state index in [4.69, 9.17) is 0 Å². The largest absolute Gasteiger partial charge is 0.385 e. The van der Waals surface area contributed by atoms with Crippen molar-refractivity contribution in [1.82, 2.24) is 0 Å². The van der Waals surface area contributed by atoms with Crippen LogP contribution >= 0.6 is 0 Å². The summed E-state index contributed by atoms with van der Waals surface area (Å²) < 4.78 is 22.9. The molecule has 0 aliphatic carbocycles. The molecule has 0 saturated carbocycles. The molecule has 0 aliphatic heterocycles. The number of sulfone groups is 1. The maximum absolute atomic E-state index is 11.4. The van der Waals surface area contributed by atoms with E-state index in [0.717, 1.165) is 12.2 Å². The highest BCUT2D eigenvalue weighted by Gasteiger charge is 2.08. The highest BCUT2D eigenvalue weighted by molar-refractivity contribution is 7.90. The number of benzene rings is 1. The first-order valence-corrected chi connectivity index (χ1v) is 8.22. The molecule has 1 aromatic carbocycles. The number of anilines is 1. The van der Waals surface area contributed by atoms with E-state index in [1.807, 2.05) is 6.07 Å². The second-order valence-electron chi connectivity index (χ2n) is 5.42. The van der Waals surface area contributed by atoms with E-state index in [1.165, 1.54) is 12.7 Å². The monoisotopic (exact) mass is 269 g/mol. The fourth-order valence-electron chi connectivity index (χ4n) is 2.02. The number of nitrogens with one attached hydrogen (secondary N) is 1. The average molecular weight is 269 g/mol. The van der Waals surface area contributed by atoms with E-state index >= 15 is 0 Å². The molecule has 1 atom stereocenters. The molecule has 0 saturated heterocycles. The Bertz CT molecular complexity index is 480. The average Bonchev–Trinajstić information content (AvgIpc) is 2.25. The Morgan fingerprint density at radius 1 is 1.22 bits per heavy atom. The molecule has 102 valence electrons. The van der Waals surface area contributed by atoms with Crippen LogP contribution in [0.1, 0.15) is 27.2 Å². The summed E-state index contributed by atoms with van der Waals surface area (Å²) in [6.45, 7) is 7.49. The van der Waals surface area contributed by atoms with Gasteiger partial charge in [0.05, 0.1) is 4.90 Å². The van der Waals surface area contributed by atoms with Crippen molar-refractivity contribution in [3.63, 3.8) is 0 Å².